The van der Waals surface area contributed by atoms with Crippen LogP contribution in [0, 0.1) is 0 Å². The first-order chi connectivity index (χ1) is 12.5. The van der Waals surface area contributed by atoms with Crippen LogP contribution in [0.25, 0.3) is 6.08 Å². The second-order valence-corrected chi connectivity index (χ2v) is 8.76. The Bertz CT molecular complexity index is 926. The first-order valence-corrected chi connectivity index (χ1v) is 9.92. The molecule has 1 aromatic carbocycles. The minimum Gasteiger partial charge on any atom is -0.465 e. The van der Waals surface area contributed by atoms with Crippen molar-refractivity contribution in [3.8, 4) is 0 Å². The van der Waals surface area contributed by atoms with Crippen molar-refractivity contribution in [3.05, 3.63) is 54.5 Å². The lowest BCUT2D eigenvalue weighted by Crippen LogP contribution is -2.40. The highest BCUT2D eigenvalue weighted by Crippen LogP contribution is 2.16. The van der Waals surface area contributed by atoms with Crippen molar-refractivity contribution in [2.75, 3.05) is 5.32 Å². The molecule has 7 nitrogen and oxygen atoms in total. The molecule has 1 heterocycles. The smallest absolute Gasteiger partial charge is 0.250 e. The number of thiocarbonyl (C=S) groups is 1. The lowest BCUT2D eigenvalue weighted by atomic mass is 10.1. The number of furan rings is 1. The van der Waals surface area contributed by atoms with E-state index in [0.29, 0.717) is 11.4 Å². The van der Waals surface area contributed by atoms with E-state index in [0.717, 1.165) is 0 Å². The van der Waals surface area contributed by atoms with Crippen LogP contribution < -0.4 is 15.4 Å². The Kier molecular flexibility index (Phi) is 6.53. The molecular formula is C18H21N3O4S2. The highest BCUT2D eigenvalue weighted by atomic mass is 32.2. The fourth-order valence-electron chi connectivity index (χ4n) is 2.04. The fourth-order valence-corrected chi connectivity index (χ4v) is 3.68. The molecule has 9 heteroatoms. The zero-order valence-corrected chi connectivity index (χ0v) is 16.8. The summed E-state index contributed by atoms with van der Waals surface area (Å²) in [5.74, 6) is 0.127. The van der Waals surface area contributed by atoms with Gasteiger partial charge in [0.25, 0.3) is 0 Å². The first-order valence-electron chi connectivity index (χ1n) is 8.03. The molecule has 2 aromatic rings. The fraction of sp³-hybridized carbons (Fsp3) is 0.222. The van der Waals surface area contributed by atoms with Crippen molar-refractivity contribution in [2.45, 2.75) is 31.2 Å². The number of anilines is 1. The van der Waals surface area contributed by atoms with Crippen molar-refractivity contribution in [1.29, 1.82) is 0 Å². The minimum absolute atomic E-state index is 0.0903. The maximum atomic E-state index is 12.3. The monoisotopic (exact) mass is 407 g/mol. The summed E-state index contributed by atoms with van der Waals surface area (Å²) >= 11 is 5.07. The van der Waals surface area contributed by atoms with Crippen LogP contribution in [-0.4, -0.2) is 25.0 Å². The third-order valence-electron chi connectivity index (χ3n) is 3.04. The highest BCUT2D eigenvalue weighted by Gasteiger charge is 2.21. The number of nitrogens with one attached hydrogen (secondary N) is 3. The molecule has 144 valence electrons. The molecule has 0 aliphatic carbocycles. The summed E-state index contributed by atoms with van der Waals surface area (Å²) in [6.07, 6.45) is 4.31. The Morgan fingerprint density at radius 2 is 1.81 bits per heavy atom. The van der Waals surface area contributed by atoms with Gasteiger partial charge in [-0.25, -0.2) is 13.1 Å². The third-order valence-corrected chi connectivity index (χ3v) is 5.02. The van der Waals surface area contributed by atoms with Gasteiger partial charge in [0.05, 0.1) is 11.2 Å². The zero-order chi connectivity index (χ0) is 20.1. The van der Waals surface area contributed by atoms with Crippen LogP contribution in [0.5, 0.6) is 0 Å². The Morgan fingerprint density at radius 1 is 1.15 bits per heavy atom. The van der Waals surface area contributed by atoms with Crippen LogP contribution in [0.15, 0.2) is 58.1 Å². The van der Waals surface area contributed by atoms with E-state index in [1.54, 1.807) is 45.0 Å². The average Bonchev–Trinajstić information content (AvgIpc) is 3.04. The second-order valence-electron chi connectivity index (χ2n) is 6.67. The predicted molar refractivity (Wildman–Crippen MR) is 109 cm³/mol. The van der Waals surface area contributed by atoms with Gasteiger partial charge in [-0.15, -0.1) is 0 Å². The Morgan fingerprint density at radius 3 is 2.37 bits per heavy atom. The summed E-state index contributed by atoms with van der Waals surface area (Å²) in [6, 6.07) is 9.47. The average molecular weight is 408 g/mol. The first kappa shape index (κ1) is 20.8. The number of hydrogen-bond donors (Lipinski definition) is 3. The third kappa shape index (κ3) is 6.97. The van der Waals surface area contributed by atoms with E-state index < -0.39 is 21.5 Å². The second kappa shape index (κ2) is 8.47. The van der Waals surface area contributed by atoms with Crippen molar-refractivity contribution in [3.63, 3.8) is 0 Å². The number of hydrogen-bond acceptors (Lipinski definition) is 5. The van der Waals surface area contributed by atoms with Gasteiger partial charge < -0.3 is 9.73 Å². The molecule has 0 atom stereocenters. The van der Waals surface area contributed by atoms with Gasteiger partial charge in [0.1, 0.15) is 5.76 Å². The minimum atomic E-state index is -3.61. The molecular weight excluding hydrogens is 386 g/mol. The Balaban J connectivity index is 1.94. The molecule has 0 saturated heterocycles. The van der Waals surface area contributed by atoms with Crippen molar-refractivity contribution >= 4 is 45.0 Å². The van der Waals surface area contributed by atoms with E-state index >= 15 is 0 Å². The van der Waals surface area contributed by atoms with Crippen LogP contribution in [0.1, 0.15) is 26.5 Å². The summed E-state index contributed by atoms with van der Waals surface area (Å²) in [4.78, 5) is 11.9. The molecule has 2 rings (SSSR count). The van der Waals surface area contributed by atoms with E-state index in [1.165, 1.54) is 30.5 Å². The van der Waals surface area contributed by atoms with Crippen molar-refractivity contribution < 1.29 is 17.6 Å². The maximum absolute atomic E-state index is 12.3. The zero-order valence-electron chi connectivity index (χ0n) is 15.1. The molecule has 27 heavy (non-hydrogen) atoms. The van der Waals surface area contributed by atoms with Crippen LogP contribution in [0.2, 0.25) is 0 Å². The Hall–Kier alpha value is -2.49. The number of carbonyl (C=O) groups is 1. The number of carbonyl (C=O) groups excluding carboxylic acids is 1. The highest BCUT2D eigenvalue weighted by molar-refractivity contribution is 7.89. The van der Waals surface area contributed by atoms with Gasteiger partial charge in [-0.05, 0) is 75.5 Å². The number of benzene rings is 1. The molecule has 0 fully saturated rings. The topological polar surface area (TPSA) is 100 Å². The molecule has 1 amide bonds. The van der Waals surface area contributed by atoms with Gasteiger partial charge in [-0.2, -0.15) is 0 Å². The summed E-state index contributed by atoms with van der Waals surface area (Å²) in [5.41, 5.74) is -0.0323. The molecule has 1 aromatic heterocycles. The van der Waals surface area contributed by atoms with E-state index in [4.69, 9.17) is 16.6 Å². The molecule has 0 unspecified atom stereocenters. The van der Waals surface area contributed by atoms with Gasteiger partial charge in [0.2, 0.25) is 15.9 Å². The largest absolute Gasteiger partial charge is 0.465 e. The van der Waals surface area contributed by atoms with Gasteiger partial charge in [-0.3, -0.25) is 10.1 Å². The Labute approximate surface area is 163 Å². The number of rotatable bonds is 5. The molecule has 0 bridgehead atoms. The van der Waals surface area contributed by atoms with Crippen LogP contribution in [0.3, 0.4) is 0 Å². The number of amides is 1. The molecule has 0 spiro atoms. The summed E-state index contributed by atoms with van der Waals surface area (Å²) in [5, 5.41) is 5.40. The van der Waals surface area contributed by atoms with Crippen LogP contribution >= 0.6 is 12.2 Å². The van der Waals surface area contributed by atoms with Crippen molar-refractivity contribution in [2.24, 2.45) is 0 Å². The van der Waals surface area contributed by atoms with Gasteiger partial charge in [0, 0.05) is 17.3 Å². The van der Waals surface area contributed by atoms with Crippen LogP contribution in [0.4, 0.5) is 5.69 Å². The van der Waals surface area contributed by atoms with E-state index in [-0.39, 0.29) is 10.0 Å². The SMILES string of the molecule is CC(C)(C)NS(=O)(=O)c1ccc(NC(=S)NC(=O)/C=C/c2ccco2)cc1. The summed E-state index contributed by atoms with van der Waals surface area (Å²) < 4.78 is 32.2. The normalized spacial score (nSPS) is 12.1. The van der Waals surface area contributed by atoms with Crippen LogP contribution in [-0.2, 0) is 14.8 Å². The lowest BCUT2D eigenvalue weighted by molar-refractivity contribution is -0.115. The lowest BCUT2D eigenvalue weighted by Gasteiger charge is -2.20. The van der Waals surface area contributed by atoms with Gasteiger partial charge in [0.15, 0.2) is 5.11 Å². The molecule has 0 saturated carbocycles. The van der Waals surface area contributed by atoms with E-state index in [9.17, 15) is 13.2 Å². The van der Waals surface area contributed by atoms with Gasteiger partial charge in [-0.1, -0.05) is 0 Å². The predicted octanol–water partition coefficient (Wildman–Crippen LogP) is 2.88. The van der Waals surface area contributed by atoms with E-state index in [1.807, 2.05) is 0 Å². The van der Waals surface area contributed by atoms with Gasteiger partial charge >= 0.3 is 0 Å². The van der Waals surface area contributed by atoms with Crippen molar-refractivity contribution in [1.82, 2.24) is 10.0 Å². The number of sulfonamides is 1. The molecule has 0 aliphatic heterocycles. The molecule has 0 radical (unpaired) electrons. The molecule has 0 aliphatic rings. The quantitative estimate of drug-likeness (QED) is 0.521. The molecule has 3 N–H and O–H groups in total. The summed E-state index contributed by atoms with van der Waals surface area (Å²) in [7, 11) is -3.61. The maximum Gasteiger partial charge on any atom is 0.250 e. The van der Waals surface area contributed by atoms with E-state index in [2.05, 4.69) is 15.4 Å². The standard InChI is InChI=1S/C18H21N3O4S2/c1-18(2,3)21-27(23,24)15-9-6-13(7-10-15)19-17(26)20-16(22)11-8-14-5-4-12-25-14/h4-12,21H,1-3H3,(H2,19,20,22,26)/b11-8+. The summed E-state index contributed by atoms with van der Waals surface area (Å²) in [6.45, 7) is 5.30.